The first kappa shape index (κ1) is 13.8. The second-order valence-electron chi connectivity index (χ2n) is 5.87. The lowest BCUT2D eigenvalue weighted by atomic mass is 9.82. The van der Waals surface area contributed by atoms with Crippen molar-refractivity contribution in [3.63, 3.8) is 0 Å². The van der Waals surface area contributed by atoms with Crippen LogP contribution in [0.4, 0.5) is 0 Å². The monoisotopic (exact) mass is 255 g/mol. The number of ether oxygens (including phenoxy) is 1. The number of rotatable bonds is 4. The van der Waals surface area contributed by atoms with Crippen LogP contribution in [0.3, 0.4) is 0 Å². The SMILES string of the molecule is CN(CC1CCCO1)C(=O)CC1(O)CCCCC1. The van der Waals surface area contributed by atoms with Crippen LogP contribution in [0.2, 0.25) is 0 Å². The molecule has 104 valence electrons. The summed E-state index contributed by atoms with van der Waals surface area (Å²) in [7, 11) is 1.82. The molecule has 1 saturated carbocycles. The Hall–Kier alpha value is -0.610. The zero-order chi connectivity index (χ0) is 13.0. The van der Waals surface area contributed by atoms with Crippen molar-refractivity contribution in [3.8, 4) is 0 Å². The van der Waals surface area contributed by atoms with Crippen molar-refractivity contribution in [1.29, 1.82) is 0 Å². The summed E-state index contributed by atoms with van der Waals surface area (Å²) in [5.74, 6) is 0.0508. The van der Waals surface area contributed by atoms with Crippen LogP contribution in [0.25, 0.3) is 0 Å². The molecule has 0 aromatic carbocycles. The van der Waals surface area contributed by atoms with Crippen LogP contribution >= 0.6 is 0 Å². The molecule has 2 fully saturated rings. The molecule has 1 unspecified atom stereocenters. The molecule has 1 aliphatic heterocycles. The summed E-state index contributed by atoms with van der Waals surface area (Å²) in [6, 6.07) is 0. The molecule has 4 heteroatoms. The minimum Gasteiger partial charge on any atom is -0.389 e. The van der Waals surface area contributed by atoms with Crippen molar-refractivity contribution in [3.05, 3.63) is 0 Å². The number of aliphatic hydroxyl groups is 1. The third-order valence-electron chi connectivity index (χ3n) is 4.19. The molecule has 0 aromatic rings. The van der Waals surface area contributed by atoms with E-state index >= 15 is 0 Å². The summed E-state index contributed by atoms with van der Waals surface area (Å²) in [6.45, 7) is 1.48. The van der Waals surface area contributed by atoms with Gasteiger partial charge in [0.05, 0.1) is 18.1 Å². The van der Waals surface area contributed by atoms with E-state index in [-0.39, 0.29) is 18.4 Å². The molecule has 1 heterocycles. The highest BCUT2D eigenvalue weighted by Gasteiger charge is 2.33. The third kappa shape index (κ3) is 3.69. The van der Waals surface area contributed by atoms with Gasteiger partial charge in [-0.1, -0.05) is 19.3 Å². The van der Waals surface area contributed by atoms with Crippen LogP contribution in [0.5, 0.6) is 0 Å². The maximum absolute atomic E-state index is 12.1. The van der Waals surface area contributed by atoms with Crippen LogP contribution in [0.1, 0.15) is 51.4 Å². The fourth-order valence-electron chi connectivity index (χ4n) is 3.00. The van der Waals surface area contributed by atoms with E-state index in [1.165, 1.54) is 6.42 Å². The standard InChI is InChI=1S/C14H25NO3/c1-15(11-12-6-5-9-18-12)13(16)10-14(17)7-3-2-4-8-14/h12,17H,2-11H2,1H3. The average Bonchev–Trinajstić information content (AvgIpc) is 2.82. The lowest BCUT2D eigenvalue weighted by Crippen LogP contribution is -2.41. The molecular weight excluding hydrogens is 230 g/mol. The Morgan fingerprint density at radius 3 is 2.67 bits per heavy atom. The molecule has 1 amide bonds. The maximum Gasteiger partial charge on any atom is 0.225 e. The number of hydrogen-bond donors (Lipinski definition) is 1. The second kappa shape index (κ2) is 6.02. The van der Waals surface area contributed by atoms with Crippen molar-refractivity contribution >= 4 is 5.91 Å². The lowest BCUT2D eigenvalue weighted by molar-refractivity contribution is -0.137. The van der Waals surface area contributed by atoms with Gasteiger partial charge in [-0.15, -0.1) is 0 Å². The van der Waals surface area contributed by atoms with Crippen LogP contribution in [-0.4, -0.2) is 47.8 Å². The number of likely N-dealkylation sites (N-methyl/N-ethyl adjacent to an activating group) is 1. The predicted octanol–water partition coefficient (Wildman–Crippen LogP) is 1.71. The van der Waals surface area contributed by atoms with Crippen molar-refractivity contribution in [2.24, 2.45) is 0 Å². The third-order valence-corrected chi connectivity index (χ3v) is 4.19. The van der Waals surface area contributed by atoms with E-state index in [1.807, 2.05) is 7.05 Å². The summed E-state index contributed by atoms with van der Waals surface area (Å²) < 4.78 is 5.53. The van der Waals surface area contributed by atoms with E-state index in [2.05, 4.69) is 0 Å². The van der Waals surface area contributed by atoms with E-state index in [0.717, 1.165) is 45.1 Å². The smallest absolute Gasteiger partial charge is 0.225 e. The number of amides is 1. The highest BCUT2D eigenvalue weighted by Crippen LogP contribution is 2.31. The average molecular weight is 255 g/mol. The Morgan fingerprint density at radius 2 is 2.06 bits per heavy atom. The number of hydrogen-bond acceptors (Lipinski definition) is 3. The minimum absolute atomic E-state index is 0.0508. The van der Waals surface area contributed by atoms with Crippen LogP contribution < -0.4 is 0 Å². The first-order valence-electron chi connectivity index (χ1n) is 7.17. The molecule has 1 atom stereocenters. The Morgan fingerprint density at radius 1 is 1.33 bits per heavy atom. The number of carbonyl (C=O) groups is 1. The zero-order valence-electron chi connectivity index (χ0n) is 11.4. The summed E-state index contributed by atoms with van der Waals surface area (Å²) in [5, 5.41) is 10.4. The first-order chi connectivity index (χ1) is 8.59. The van der Waals surface area contributed by atoms with Gasteiger partial charge < -0.3 is 14.7 Å². The Labute approximate surface area is 109 Å². The Balaban J connectivity index is 1.78. The van der Waals surface area contributed by atoms with E-state index in [4.69, 9.17) is 4.74 Å². The molecule has 2 aliphatic rings. The van der Waals surface area contributed by atoms with Crippen molar-refractivity contribution in [2.45, 2.75) is 63.1 Å². The highest BCUT2D eigenvalue weighted by molar-refractivity contribution is 5.77. The second-order valence-corrected chi connectivity index (χ2v) is 5.87. The molecule has 0 spiro atoms. The molecule has 1 N–H and O–H groups in total. The van der Waals surface area contributed by atoms with Gasteiger partial charge in [0.25, 0.3) is 0 Å². The molecule has 0 aromatic heterocycles. The zero-order valence-corrected chi connectivity index (χ0v) is 11.4. The fourth-order valence-corrected chi connectivity index (χ4v) is 3.00. The van der Waals surface area contributed by atoms with Gasteiger partial charge >= 0.3 is 0 Å². The summed E-state index contributed by atoms with van der Waals surface area (Å²) in [4.78, 5) is 13.8. The van der Waals surface area contributed by atoms with Gasteiger partial charge in [-0.25, -0.2) is 0 Å². The molecule has 2 rings (SSSR count). The van der Waals surface area contributed by atoms with Gasteiger partial charge in [0.15, 0.2) is 0 Å². The molecule has 0 radical (unpaired) electrons. The van der Waals surface area contributed by atoms with E-state index in [1.54, 1.807) is 4.90 Å². The number of carbonyl (C=O) groups excluding carboxylic acids is 1. The van der Waals surface area contributed by atoms with Crippen molar-refractivity contribution in [2.75, 3.05) is 20.2 Å². The van der Waals surface area contributed by atoms with E-state index in [0.29, 0.717) is 6.54 Å². The maximum atomic E-state index is 12.1. The van der Waals surface area contributed by atoms with Gasteiger partial charge in [-0.05, 0) is 25.7 Å². The highest BCUT2D eigenvalue weighted by atomic mass is 16.5. The molecule has 1 saturated heterocycles. The Bertz CT molecular complexity index is 281. The van der Waals surface area contributed by atoms with Crippen LogP contribution in [0, 0.1) is 0 Å². The van der Waals surface area contributed by atoms with E-state index in [9.17, 15) is 9.90 Å². The van der Waals surface area contributed by atoms with Crippen molar-refractivity contribution in [1.82, 2.24) is 4.90 Å². The Kier molecular flexibility index (Phi) is 4.62. The summed E-state index contributed by atoms with van der Waals surface area (Å²) in [6.07, 6.45) is 7.41. The first-order valence-corrected chi connectivity index (χ1v) is 7.17. The number of nitrogens with zero attached hydrogens (tertiary/aromatic N) is 1. The van der Waals surface area contributed by atoms with Crippen LogP contribution in [0.15, 0.2) is 0 Å². The quantitative estimate of drug-likeness (QED) is 0.832. The van der Waals surface area contributed by atoms with E-state index < -0.39 is 5.60 Å². The van der Waals surface area contributed by atoms with Crippen LogP contribution in [-0.2, 0) is 9.53 Å². The molecule has 1 aliphatic carbocycles. The van der Waals surface area contributed by atoms with Crippen molar-refractivity contribution < 1.29 is 14.6 Å². The van der Waals surface area contributed by atoms with Gasteiger partial charge in [0, 0.05) is 20.2 Å². The predicted molar refractivity (Wildman–Crippen MR) is 69.3 cm³/mol. The fraction of sp³-hybridized carbons (Fsp3) is 0.929. The normalized spacial score (nSPS) is 27.1. The largest absolute Gasteiger partial charge is 0.389 e. The van der Waals surface area contributed by atoms with Gasteiger partial charge in [0.1, 0.15) is 0 Å². The molecular formula is C14H25NO3. The molecule has 4 nitrogen and oxygen atoms in total. The molecule has 0 bridgehead atoms. The summed E-state index contributed by atoms with van der Waals surface area (Å²) >= 11 is 0. The van der Waals surface area contributed by atoms with Gasteiger partial charge in [-0.3, -0.25) is 4.79 Å². The topological polar surface area (TPSA) is 49.8 Å². The summed E-state index contributed by atoms with van der Waals surface area (Å²) in [5.41, 5.74) is -0.750. The van der Waals surface area contributed by atoms with Gasteiger partial charge in [-0.2, -0.15) is 0 Å². The molecule has 18 heavy (non-hydrogen) atoms. The van der Waals surface area contributed by atoms with Gasteiger partial charge in [0.2, 0.25) is 5.91 Å². The minimum atomic E-state index is -0.750. The lowest BCUT2D eigenvalue weighted by Gasteiger charge is -2.33.